The van der Waals surface area contributed by atoms with Crippen molar-refractivity contribution in [1.29, 1.82) is 0 Å². The van der Waals surface area contributed by atoms with E-state index in [9.17, 15) is 74.4 Å². The summed E-state index contributed by atoms with van der Waals surface area (Å²) in [5.41, 5.74) is 3.48. The number of hydrogen-bond donors (Lipinski definition) is 13. The number of aromatic hydroxyl groups is 1. The first-order valence-electron chi connectivity index (χ1n) is 30.6. The van der Waals surface area contributed by atoms with Crippen molar-refractivity contribution >= 4 is 47.3 Å². The zero-order chi connectivity index (χ0) is 67.9. The summed E-state index contributed by atoms with van der Waals surface area (Å²) < 4.78 is 12.3. The number of amides is 7. The average molecular weight is 1290 g/mol. The number of phenolic OH excluding ortho intramolecular Hbond substituents is 1. The van der Waals surface area contributed by atoms with E-state index < -0.39 is 158 Å². The molecule has 2 unspecified atom stereocenters. The Balaban J connectivity index is 0.00000326. The predicted molar refractivity (Wildman–Crippen MR) is 331 cm³/mol. The van der Waals surface area contributed by atoms with Gasteiger partial charge in [-0.25, -0.2) is 0 Å². The number of aliphatic carboxylic acids is 1. The van der Waals surface area contributed by atoms with E-state index in [1.54, 1.807) is 12.1 Å². The van der Waals surface area contributed by atoms with Crippen LogP contribution in [0.1, 0.15) is 88.7 Å². The molecule has 4 aromatic rings. The van der Waals surface area contributed by atoms with E-state index in [2.05, 4.69) is 33.5 Å². The molecule has 92 heavy (non-hydrogen) atoms. The number of likely N-dealkylation sites (N-methyl/N-ethyl adjacent to an activating group) is 1. The number of carboxylic acids is 1. The van der Waals surface area contributed by atoms with E-state index >= 15 is 0 Å². The number of unbranched alkanes of at least 4 members (excludes halogenated alkanes) is 2. The van der Waals surface area contributed by atoms with E-state index in [4.69, 9.17) is 19.4 Å². The highest BCUT2D eigenvalue weighted by atomic mass is 16.5. The van der Waals surface area contributed by atoms with Crippen molar-refractivity contribution in [3.8, 4) is 33.8 Å². The molecule has 3 fully saturated rings. The normalized spacial score (nSPS) is 25.8. The number of fused-ring (bicyclic) bond motifs is 2. The average Bonchev–Trinajstić information content (AvgIpc) is 1.63. The third-order valence-electron chi connectivity index (χ3n) is 16.1. The van der Waals surface area contributed by atoms with Crippen molar-refractivity contribution in [1.82, 2.24) is 36.4 Å². The molecule has 0 aromatic heterocycles. The van der Waals surface area contributed by atoms with Crippen molar-refractivity contribution in [3.05, 3.63) is 108 Å². The summed E-state index contributed by atoms with van der Waals surface area (Å²) in [6.07, 6.45) is -12.6. The molecule has 0 spiro atoms. The number of benzene rings is 4. The number of nitrogens with zero attached hydrogens (tertiary/aromatic N) is 3. The minimum Gasteiger partial charge on any atom is -0.550 e. The molecule has 3 aliphatic rings. The highest BCUT2D eigenvalue weighted by Crippen LogP contribution is 2.30. The van der Waals surface area contributed by atoms with Crippen molar-refractivity contribution in [2.45, 2.75) is 152 Å². The summed E-state index contributed by atoms with van der Waals surface area (Å²) >= 11 is 0. The Kier molecular flexibility index (Phi) is 26.1. The maximum absolute atomic E-state index is 14.8. The van der Waals surface area contributed by atoms with Crippen molar-refractivity contribution < 1.29 is 98.3 Å². The van der Waals surface area contributed by atoms with Gasteiger partial charge in [-0.3, -0.25) is 33.6 Å². The summed E-state index contributed by atoms with van der Waals surface area (Å²) in [7, 11) is 5.52. The molecule has 27 nitrogen and oxygen atoms in total. The molecule has 4 aromatic carbocycles. The van der Waals surface area contributed by atoms with Crippen LogP contribution in [0.2, 0.25) is 0 Å². The minimum atomic E-state index is -2.29. The van der Waals surface area contributed by atoms with E-state index in [0.717, 1.165) is 77.8 Å². The molecule has 0 aliphatic carbocycles. The highest BCUT2D eigenvalue weighted by molar-refractivity contribution is 6.00. The number of hydrogen-bond acceptors (Lipinski definition) is 19. The molecule has 13 N–H and O–H groups in total. The third kappa shape index (κ3) is 19.7. The number of aliphatic hydroxyl groups excluding tert-OH is 7. The van der Waals surface area contributed by atoms with Crippen LogP contribution in [0.5, 0.6) is 11.5 Å². The maximum Gasteiger partial charge on any atom is 0.251 e. The van der Waals surface area contributed by atoms with Gasteiger partial charge < -0.3 is 101 Å². The number of nitrogens with one attached hydrogen (secondary N) is 5. The summed E-state index contributed by atoms with van der Waals surface area (Å²) in [4.78, 5) is 113. The second-order valence-electron chi connectivity index (χ2n) is 24.6. The lowest BCUT2D eigenvalue weighted by atomic mass is 9.96. The molecule has 0 radical (unpaired) electrons. The first-order chi connectivity index (χ1) is 43.4. The number of rotatable bonds is 18. The molecule has 3 heterocycles. The second kappa shape index (κ2) is 32.9. The van der Waals surface area contributed by atoms with Gasteiger partial charge in [-0.1, -0.05) is 87.4 Å². The molecule has 15 atom stereocenters. The molecule has 27 heteroatoms. The molecule has 3 aliphatic heterocycles. The van der Waals surface area contributed by atoms with E-state index in [1.165, 1.54) is 43.3 Å². The molecule has 3 saturated heterocycles. The molecule has 502 valence electrons. The van der Waals surface area contributed by atoms with Gasteiger partial charge in [0.15, 0.2) is 6.23 Å². The topological polar surface area (TPSA) is 407 Å². The zero-order valence-corrected chi connectivity index (χ0v) is 52.9. The Morgan fingerprint density at radius 2 is 1.17 bits per heavy atom. The van der Waals surface area contributed by atoms with Crippen LogP contribution in [0.25, 0.3) is 22.3 Å². The standard InChI is InChI=1S/C63H84N8O17.C2H4O2/c1-8-9-10-28-87-45-25-21-40(22-26-45)38-13-11-37(12-14-38)39-15-17-42(18-16-39)56(80)64-46-31-48(76)61(88-29-27-71(5,6)7)68-60(84)52-53(77)34(2)32-70(52)63(86)50(36(4)73)66-59(83)51(55(79)54(78)41-19-23-43(74)24-20-41)67-58(82)47-30-44(75)33-69(47)62(85)49(35(3)72)65-57(46)81;1-2(3)4/h11-26,34-36,44,46-55,61,72-73,75-79H,8-10,27-33H2,1-7H3,(H5-,64,65,66,67,68,74,80,81,82,83,84);1H3,(H,3,4)/t34-,35+,36+,44+,46-,47-,48+,49?,50-,51-,52-,53-,54-,55-,61?;/m0./s1. The molecule has 0 saturated carbocycles. The van der Waals surface area contributed by atoms with Gasteiger partial charge in [0, 0.05) is 43.4 Å². The third-order valence-corrected chi connectivity index (χ3v) is 16.1. The number of carboxylic acid groups (broad SMARTS) is 1. The van der Waals surface area contributed by atoms with Gasteiger partial charge in [-0.15, -0.1) is 0 Å². The smallest absolute Gasteiger partial charge is 0.251 e. The Hall–Kier alpha value is -8.12. The lowest BCUT2D eigenvalue weighted by Crippen LogP contribution is -2.64. The number of phenols is 1. The first-order valence-corrected chi connectivity index (χ1v) is 30.6. The van der Waals surface area contributed by atoms with Crippen LogP contribution in [0, 0.1) is 5.92 Å². The van der Waals surface area contributed by atoms with Gasteiger partial charge in [0.2, 0.25) is 35.4 Å². The van der Waals surface area contributed by atoms with Crippen LogP contribution in [0.4, 0.5) is 0 Å². The number of quaternary nitrogens is 1. The van der Waals surface area contributed by atoms with E-state index in [-0.39, 0.29) is 36.6 Å². The van der Waals surface area contributed by atoms with Gasteiger partial charge in [0.1, 0.15) is 72.6 Å². The molecular formula is C65H88N8O19. The number of aliphatic hydroxyl groups is 7. The fourth-order valence-electron chi connectivity index (χ4n) is 10.8. The van der Waals surface area contributed by atoms with Crippen LogP contribution in [-0.4, -0.2) is 236 Å². The Bertz CT molecular complexity index is 3140. The largest absolute Gasteiger partial charge is 0.550 e. The Morgan fingerprint density at radius 1 is 0.663 bits per heavy atom. The number of carbonyl (C=O) groups excluding carboxylic acids is 8. The summed E-state index contributed by atoms with van der Waals surface area (Å²) in [6, 6.07) is 15.3. The van der Waals surface area contributed by atoms with Crippen LogP contribution in [0.3, 0.4) is 0 Å². The maximum atomic E-state index is 14.8. The summed E-state index contributed by atoms with van der Waals surface area (Å²) in [5.74, 6) is -9.33. The highest BCUT2D eigenvalue weighted by Gasteiger charge is 2.50. The number of ether oxygens (including phenoxy) is 2. The Morgan fingerprint density at radius 3 is 1.71 bits per heavy atom. The van der Waals surface area contributed by atoms with E-state index in [0.29, 0.717) is 11.1 Å². The van der Waals surface area contributed by atoms with Crippen molar-refractivity contribution in [2.75, 3.05) is 54.0 Å². The fourth-order valence-corrected chi connectivity index (χ4v) is 10.8. The van der Waals surface area contributed by atoms with Gasteiger partial charge >= 0.3 is 0 Å². The lowest BCUT2D eigenvalue weighted by Gasteiger charge is -2.34. The summed E-state index contributed by atoms with van der Waals surface area (Å²) in [5, 5.41) is 111. The Labute approximate surface area is 533 Å². The summed E-state index contributed by atoms with van der Waals surface area (Å²) in [6.45, 7) is 6.77. The van der Waals surface area contributed by atoms with Crippen LogP contribution in [0.15, 0.2) is 97.1 Å². The fraction of sp³-hybridized carbons (Fsp3) is 0.508. The SMILES string of the molecule is CC(=O)[O-].CCCCCOc1ccc(-c2ccc(-c3ccc(C(=O)N[C@H]4C[C@@H](O)C(OCC[N+](C)(C)C)NC(=O)[C@@H]5[C@@H](O)[C@@H](C)CN5C(=O)[C@H]([C@@H](C)O)NC(=O)[C@H]([C@H](O)[C@@H](O)c5ccc(O)cc5)NC(=O)[C@@H]5C[C@@H](O)CN5C(=O)C([C@@H](C)O)NC4=O)cc3)cc2)cc1. The van der Waals surface area contributed by atoms with Crippen LogP contribution in [-0.2, 0) is 38.3 Å². The molecule has 0 bridgehead atoms. The van der Waals surface area contributed by atoms with Crippen LogP contribution < -0.4 is 36.4 Å². The quantitative estimate of drug-likeness (QED) is 0.0401. The van der Waals surface area contributed by atoms with E-state index in [1.807, 2.05) is 69.7 Å². The first kappa shape index (κ1) is 72.9. The molecule has 7 rings (SSSR count). The predicted octanol–water partition coefficient (Wildman–Crippen LogP) is -1.44. The van der Waals surface area contributed by atoms with Crippen molar-refractivity contribution in [3.63, 3.8) is 0 Å². The van der Waals surface area contributed by atoms with Crippen molar-refractivity contribution in [2.24, 2.45) is 5.92 Å². The zero-order valence-electron chi connectivity index (χ0n) is 52.9. The number of carbonyl (C=O) groups is 8. The van der Waals surface area contributed by atoms with Gasteiger partial charge in [0.25, 0.3) is 5.91 Å². The second-order valence-corrected chi connectivity index (χ2v) is 24.6. The van der Waals surface area contributed by atoms with Gasteiger partial charge in [0.05, 0.1) is 58.8 Å². The lowest BCUT2D eigenvalue weighted by molar-refractivity contribution is -0.870. The van der Waals surface area contributed by atoms with Gasteiger partial charge in [-0.05, 0) is 91.4 Å². The molecular weight excluding hydrogens is 1200 g/mol. The monoisotopic (exact) mass is 1280 g/mol. The van der Waals surface area contributed by atoms with Crippen LogP contribution >= 0.6 is 0 Å². The van der Waals surface area contributed by atoms with Gasteiger partial charge in [-0.2, -0.15) is 0 Å². The molecule has 7 amide bonds. The minimum absolute atomic E-state index is 0.0470.